The maximum atomic E-state index is 10.6. The minimum absolute atomic E-state index is 0.458. The van der Waals surface area contributed by atoms with Crippen LogP contribution in [0.4, 0.5) is 0 Å². The van der Waals surface area contributed by atoms with Crippen LogP contribution in [0.5, 0.6) is 0 Å². The summed E-state index contributed by atoms with van der Waals surface area (Å²) >= 11 is 0. The van der Waals surface area contributed by atoms with Gasteiger partial charge in [0, 0.05) is 5.57 Å². The quantitative estimate of drug-likeness (QED) is 0.524. The lowest BCUT2D eigenvalue weighted by molar-refractivity contribution is -0.132. The predicted molar refractivity (Wildman–Crippen MR) is 54.6 cm³/mol. The molecule has 0 spiro atoms. The molecule has 1 unspecified atom stereocenters. The van der Waals surface area contributed by atoms with E-state index in [0.29, 0.717) is 17.9 Å². The lowest BCUT2D eigenvalue weighted by atomic mass is 10.1. The molecule has 2 heteroatoms. The first-order valence-corrected chi connectivity index (χ1v) is 4.66. The Morgan fingerprint density at radius 2 is 2.15 bits per heavy atom. The fraction of sp³-hybridized carbons (Fsp3) is 0.545. The van der Waals surface area contributed by atoms with Gasteiger partial charge in [-0.05, 0) is 19.3 Å². The number of allylic oxidation sites excluding steroid dienone is 3. The molecule has 0 saturated carbocycles. The van der Waals surface area contributed by atoms with E-state index < -0.39 is 5.97 Å². The summed E-state index contributed by atoms with van der Waals surface area (Å²) in [6.45, 7) is 5.98. The predicted octanol–water partition coefficient (Wildman–Crippen LogP) is 3.01. The van der Waals surface area contributed by atoms with E-state index in [4.69, 9.17) is 5.11 Å². The largest absolute Gasteiger partial charge is 0.478 e. The molecule has 1 N–H and O–H groups in total. The maximum Gasteiger partial charge on any atom is 0.331 e. The second-order valence-electron chi connectivity index (χ2n) is 3.14. The summed E-state index contributed by atoms with van der Waals surface area (Å²) in [4.78, 5) is 10.6. The molecule has 0 aliphatic heterocycles. The SMILES string of the molecule is C/C=C(\C/C=C\C(C)CC)C(=O)O. The molecule has 2 nitrogen and oxygen atoms in total. The van der Waals surface area contributed by atoms with E-state index in [1.54, 1.807) is 13.0 Å². The van der Waals surface area contributed by atoms with E-state index in [1.807, 2.05) is 6.08 Å². The summed E-state index contributed by atoms with van der Waals surface area (Å²) in [6, 6.07) is 0. The molecule has 13 heavy (non-hydrogen) atoms. The molecule has 0 aromatic carbocycles. The van der Waals surface area contributed by atoms with Crippen LogP contribution in [0.2, 0.25) is 0 Å². The van der Waals surface area contributed by atoms with Crippen LogP contribution in [0.3, 0.4) is 0 Å². The highest BCUT2D eigenvalue weighted by Gasteiger charge is 2.02. The van der Waals surface area contributed by atoms with Gasteiger partial charge in [-0.3, -0.25) is 0 Å². The average Bonchev–Trinajstić information content (AvgIpc) is 2.11. The molecule has 0 aliphatic carbocycles. The zero-order chi connectivity index (χ0) is 10.3. The van der Waals surface area contributed by atoms with Gasteiger partial charge in [0.25, 0.3) is 0 Å². The third kappa shape index (κ3) is 5.23. The molecular formula is C11H18O2. The number of hydrogen-bond acceptors (Lipinski definition) is 1. The topological polar surface area (TPSA) is 37.3 Å². The lowest BCUT2D eigenvalue weighted by Gasteiger charge is -2.00. The van der Waals surface area contributed by atoms with Crippen LogP contribution in [0.1, 0.15) is 33.6 Å². The first-order valence-electron chi connectivity index (χ1n) is 4.66. The van der Waals surface area contributed by atoms with Crippen molar-refractivity contribution in [1.82, 2.24) is 0 Å². The molecule has 0 radical (unpaired) electrons. The van der Waals surface area contributed by atoms with Crippen LogP contribution in [0, 0.1) is 5.92 Å². The van der Waals surface area contributed by atoms with Crippen molar-refractivity contribution in [2.45, 2.75) is 33.6 Å². The molecule has 74 valence electrons. The number of aliphatic carboxylic acids is 1. The van der Waals surface area contributed by atoms with Crippen molar-refractivity contribution >= 4 is 5.97 Å². The minimum Gasteiger partial charge on any atom is -0.478 e. The average molecular weight is 182 g/mol. The molecule has 0 bridgehead atoms. The van der Waals surface area contributed by atoms with Crippen LogP contribution >= 0.6 is 0 Å². The highest BCUT2D eigenvalue weighted by Crippen LogP contribution is 2.07. The molecule has 0 fully saturated rings. The minimum atomic E-state index is -0.823. The molecule has 0 aromatic heterocycles. The first kappa shape index (κ1) is 11.9. The van der Waals surface area contributed by atoms with Gasteiger partial charge >= 0.3 is 5.97 Å². The molecule has 0 rings (SSSR count). The Morgan fingerprint density at radius 3 is 2.54 bits per heavy atom. The molecular weight excluding hydrogens is 164 g/mol. The van der Waals surface area contributed by atoms with Gasteiger partial charge in [-0.25, -0.2) is 4.79 Å². The van der Waals surface area contributed by atoms with E-state index in [-0.39, 0.29) is 0 Å². The summed E-state index contributed by atoms with van der Waals surface area (Å²) in [6.07, 6.45) is 7.25. The van der Waals surface area contributed by atoms with Gasteiger partial charge in [-0.2, -0.15) is 0 Å². The number of hydrogen-bond donors (Lipinski definition) is 1. The normalized spacial score (nSPS) is 14.8. The van der Waals surface area contributed by atoms with E-state index in [1.165, 1.54) is 0 Å². The Morgan fingerprint density at radius 1 is 1.54 bits per heavy atom. The maximum absolute atomic E-state index is 10.6. The van der Waals surface area contributed by atoms with Gasteiger partial charge in [0.15, 0.2) is 0 Å². The Hall–Kier alpha value is -1.05. The lowest BCUT2D eigenvalue weighted by Crippen LogP contribution is -1.98. The summed E-state index contributed by atoms with van der Waals surface area (Å²) in [7, 11) is 0. The van der Waals surface area contributed by atoms with Gasteiger partial charge in [0.05, 0.1) is 0 Å². The van der Waals surface area contributed by atoms with Gasteiger partial charge in [-0.15, -0.1) is 0 Å². The summed E-state index contributed by atoms with van der Waals surface area (Å²) in [5, 5.41) is 8.69. The highest BCUT2D eigenvalue weighted by molar-refractivity contribution is 5.86. The number of rotatable bonds is 5. The van der Waals surface area contributed by atoms with Crippen molar-refractivity contribution in [3.8, 4) is 0 Å². The van der Waals surface area contributed by atoms with Gasteiger partial charge < -0.3 is 5.11 Å². The summed E-state index contributed by atoms with van der Waals surface area (Å²) in [5.41, 5.74) is 0.458. The van der Waals surface area contributed by atoms with E-state index >= 15 is 0 Å². The van der Waals surface area contributed by atoms with Crippen molar-refractivity contribution in [3.63, 3.8) is 0 Å². The molecule has 0 aromatic rings. The van der Waals surface area contributed by atoms with Crippen molar-refractivity contribution in [2.75, 3.05) is 0 Å². The number of carbonyl (C=O) groups is 1. The third-order valence-corrected chi connectivity index (χ3v) is 2.07. The van der Waals surface area contributed by atoms with Crippen molar-refractivity contribution < 1.29 is 9.90 Å². The Balaban J connectivity index is 4.00. The molecule has 0 aliphatic rings. The van der Waals surface area contributed by atoms with E-state index in [0.717, 1.165) is 6.42 Å². The van der Waals surface area contributed by atoms with Crippen LogP contribution in [0.15, 0.2) is 23.8 Å². The van der Waals surface area contributed by atoms with E-state index in [2.05, 4.69) is 19.9 Å². The fourth-order valence-corrected chi connectivity index (χ4v) is 0.892. The van der Waals surface area contributed by atoms with Gasteiger partial charge in [-0.1, -0.05) is 38.5 Å². The number of carboxylic acids is 1. The Kier molecular flexibility index (Phi) is 5.94. The van der Waals surface area contributed by atoms with Crippen molar-refractivity contribution in [2.24, 2.45) is 5.92 Å². The standard InChI is InChI=1S/C11H18O2/c1-4-9(3)7-6-8-10(5-2)11(12)13/h5-7,9H,4,8H2,1-3H3,(H,12,13)/b7-6-,10-5+. The Labute approximate surface area is 80.0 Å². The third-order valence-electron chi connectivity index (χ3n) is 2.07. The van der Waals surface area contributed by atoms with Crippen molar-refractivity contribution in [3.05, 3.63) is 23.8 Å². The van der Waals surface area contributed by atoms with Crippen molar-refractivity contribution in [1.29, 1.82) is 0 Å². The van der Waals surface area contributed by atoms with Crippen LogP contribution in [-0.4, -0.2) is 11.1 Å². The van der Waals surface area contributed by atoms with Crippen LogP contribution in [0.25, 0.3) is 0 Å². The molecule has 0 saturated heterocycles. The Bertz CT molecular complexity index is 214. The summed E-state index contributed by atoms with van der Waals surface area (Å²) in [5.74, 6) is -0.289. The zero-order valence-electron chi connectivity index (χ0n) is 8.58. The van der Waals surface area contributed by atoms with E-state index in [9.17, 15) is 4.79 Å². The second-order valence-corrected chi connectivity index (χ2v) is 3.14. The molecule has 0 amide bonds. The molecule has 0 heterocycles. The van der Waals surface area contributed by atoms with Gasteiger partial charge in [0.1, 0.15) is 0 Å². The number of carboxylic acid groups (broad SMARTS) is 1. The smallest absolute Gasteiger partial charge is 0.331 e. The first-order chi connectivity index (χ1) is 6.11. The van der Waals surface area contributed by atoms with Crippen LogP contribution in [-0.2, 0) is 4.79 Å². The molecule has 1 atom stereocenters. The zero-order valence-corrected chi connectivity index (χ0v) is 8.58. The fourth-order valence-electron chi connectivity index (χ4n) is 0.892. The summed E-state index contributed by atoms with van der Waals surface area (Å²) < 4.78 is 0. The monoisotopic (exact) mass is 182 g/mol. The van der Waals surface area contributed by atoms with Gasteiger partial charge in [0.2, 0.25) is 0 Å². The highest BCUT2D eigenvalue weighted by atomic mass is 16.4. The van der Waals surface area contributed by atoms with Crippen LogP contribution < -0.4 is 0 Å². The second kappa shape index (κ2) is 6.46.